The van der Waals surface area contributed by atoms with Crippen LogP contribution in [0.4, 0.5) is 0 Å². The molecule has 9 heteroatoms. The Morgan fingerprint density at radius 3 is 2.68 bits per heavy atom. The van der Waals surface area contributed by atoms with Crippen LogP contribution in [0, 0.1) is 0 Å². The molecule has 0 spiro atoms. The maximum atomic E-state index is 13.2. The first-order valence-electron chi connectivity index (χ1n) is 10.9. The van der Waals surface area contributed by atoms with Gasteiger partial charge in [0.2, 0.25) is 15.9 Å². The molecule has 2 heterocycles. The second kappa shape index (κ2) is 10.4. The van der Waals surface area contributed by atoms with Crippen molar-refractivity contribution in [3.63, 3.8) is 0 Å². The van der Waals surface area contributed by atoms with Crippen LogP contribution in [0.25, 0.3) is 11.0 Å². The van der Waals surface area contributed by atoms with E-state index in [-0.39, 0.29) is 16.1 Å². The molecular formula is C25H26N4O3S2. The van der Waals surface area contributed by atoms with Crippen molar-refractivity contribution in [1.82, 2.24) is 19.4 Å². The van der Waals surface area contributed by atoms with E-state index in [0.717, 1.165) is 22.2 Å². The van der Waals surface area contributed by atoms with Crippen molar-refractivity contribution in [2.24, 2.45) is 0 Å². The van der Waals surface area contributed by atoms with Gasteiger partial charge in [-0.15, -0.1) is 0 Å². The second-order valence-electron chi connectivity index (χ2n) is 7.88. The molecule has 2 unspecified atom stereocenters. The molecule has 3 N–H and O–H groups in total. The average molecular weight is 495 g/mol. The van der Waals surface area contributed by atoms with Crippen LogP contribution in [0.15, 0.2) is 84.3 Å². The van der Waals surface area contributed by atoms with Crippen molar-refractivity contribution in [2.45, 2.75) is 31.1 Å². The smallest absolute Gasteiger partial charge is 0.240 e. The molecule has 0 bridgehead atoms. The number of nitrogens with zero attached hydrogens (tertiary/aromatic N) is 1. The van der Waals surface area contributed by atoms with E-state index < -0.39 is 16.1 Å². The van der Waals surface area contributed by atoms with Gasteiger partial charge in [0.1, 0.15) is 5.82 Å². The lowest BCUT2D eigenvalue weighted by Crippen LogP contribution is -2.31. The lowest BCUT2D eigenvalue weighted by atomic mass is 10.0. The van der Waals surface area contributed by atoms with Crippen molar-refractivity contribution in [1.29, 1.82) is 0 Å². The lowest BCUT2D eigenvalue weighted by Gasteiger charge is -2.18. The Balaban J connectivity index is 1.63. The van der Waals surface area contributed by atoms with Gasteiger partial charge in [0.15, 0.2) is 0 Å². The van der Waals surface area contributed by atoms with Gasteiger partial charge in [0.25, 0.3) is 0 Å². The number of aromatic nitrogens is 2. The fraction of sp³-hybridized carbons (Fsp3) is 0.200. The van der Waals surface area contributed by atoms with Crippen molar-refractivity contribution < 1.29 is 13.2 Å². The van der Waals surface area contributed by atoms with Crippen LogP contribution in [-0.2, 0) is 21.2 Å². The van der Waals surface area contributed by atoms with Crippen LogP contribution in [0.5, 0.6) is 0 Å². The molecule has 1 aromatic heterocycles. The summed E-state index contributed by atoms with van der Waals surface area (Å²) in [6.07, 6.45) is 7.02. The molecule has 34 heavy (non-hydrogen) atoms. The minimum atomic E-state index is -3.81. The summed E-state index contributed by atoms with van der Waals surface area (Å²) in [5.74, 6) is 0.571. The minimum absolute atomic E-state index is 0.0312. The molecule has 0 radical (unpaired) electrons. The molecule has 1 fully saturated rings. The third-order valence-electron chi connectivity index (χ3n) is 5.50. The van der Waals surface area contributed by atoms with E-state index in [1.165, 1.54) is 24.1 Å². The van der Waals surface area contributed by atoms with Gasteiger partial charge < -0.3 is 4.98 Å². The van der Waals surface area contributed by atoms with E-state index in [0.29, 0.717) is 18.7 Å². The minimum Gasteiger partial charge on any atom is -0.341 e. The SMILES string of the molecule is C=C/C=C\C(=C/C)S(=O)(=O)NC(Cc1ccc(C2CC(=O)NS2)cc1)c1nc2ccccc2[nH]1. The van der Waals surface area contributed by atoms with Gasteiger partial charge >= 0.3 is 0 Å². The zero-order chi connectivity index (χ0) is 24.1. The molecular weight excluding hydrogens is 468 g/mol. The number of sulfonamides is 1. The Hall–Kier alpha value is -3.14. The first-order chi connectivity index (χ1) is 16.4. The highest BCUT2D eigenvalue weighted by molar-refractivity contribution is 7.98. The largest absolute Gasteiger partial charge is 0.341 e. The molecule has 2 aromatic carbocycles. The highest BCUT2D eigenvalue weighted by Gasteiger charge is 2.26. The maximum absolute atomic E-state index is 13.2. The summed E-state index contributed by atoms with van der Waals surface area (Å²) in [5, 5.41) is 0.0834. The maximum Gasteiger partial charge on any atom is 0.240 e. The number of aromatic amines is 1. The van der Waals surface area contributed by atoms with Crippen LogP contribution >= 0.6 is 11.9 Å². The first kappa shape index (κ1) is 24.0. The molecule has 2 atom stereocenters. The van der Waals surface area contributed by atoms with Gasteiger partial charge in [-0.25, -0.2) is 18.1 Å². The number of amides is 1. The Labute approximate surface area is 203 Å². The predicted molar refractivity (Wildman–Crippen MR) is 137 cm³/mol. The van der Waals surface area contributed by atoms with Gasteiger partial charge in [-0.3, -0.25) is 9.52 Å². The van der Waals surface area contributed by atoms with Crippen LogP contribution in [0.2, 0.25) is 0 Å². The number of carbonyl (C=O) groups is 1. The number of H-pyrrole nitrogens is 1. The summed E-state index contributed by atoms with van der Waals surface area (Å²) >= 11 is 1.42. The number of imidazole rings is 1. The normalized spacial score (nSPS) is 17.9. The number of carbonyl (C=O) groups excluding carboxylic acids is 1. The number of hydrogen-bond acceptors (Lipinski definition) is 5. The number of rotatable bonds is 9. The van der Waals surface area contributed by atoms with Crippen molar-refractivity contribution in [3.05, 3.63) is 101 Å². The van der Waals surface area contributed by atoms with Crippen molar-refractivity contribution in [2.75, 3.05) is 0 Å². The first-order valence-corrected chi connectivity index (χ1v) is 13.2. The number of benzene rings is 2. The van der Waals surface area contributed by atoms with Gasteiger partial charge in [-0.1, -0.05) is 61.2 Å². The van der Waals surface area contributed by atoms with E-state index in [9.17, 15) is 13.2 Å². The van der Waals surface area contributed by atoms with E-state index in [2.05, 4.69) is 26.0 Å². The number of nitrogens with one attached hydrogen (secondary N) is 3. The Kier molecular flexibility index (Phi) is 7.35. The molecule has 0 saturated carbocycles. The highest BCUT2D eigenvalue weighted by atomic mass is 32.2. The molecule has 4 rings (SSSR count). The van der Waals surface area contributed by atoms with Gasteiger partial charge in [0.05, 0.1) is 27.2 Å². The fourth-order valence-corrected chi connectivity index (χ4v) is 5.93. The lowest BCUT2D eigenvalue weighted by molar-refractivity contribution is -0.118. The zero-order valence-corrected chi connectivity index (χ0v) is 20.3. The van der Waals surface area contributed by atoms with Crippen LogP contribution < -0.4 is 9.44 Å². The van der Waals surface area contributed by atoms with Crippen LogP contribution in [-0.4, -0.2) is 24.3 Å². The molecule has 1 aliphatic rings. The van der Waals surface area contributed by atoms with E-state index in [1.54, 1.807) is 19.1 Å². The summed E-state index contributed by atoms with van der Waals surface area (Å²) in [6, 6.07) is 14.9. The number of hydrogen-bond donors (Lipinski definition) is 3. The quantitative estimate of drug-likeness (QED) is 0.297. The Bertz CT molecular complexity index is 1330. The summed E-state index contributed by atoms with van der Waals surface area (Å²) < 4.78 is 31.9. The van der Waals surface area contributed by atoms with Crippen LogP contribution in [0.1, 0.15) is 41.6 Å². The zero-order valence-electron chi connectivity index (χ0n) is 18.7. The molecule has 7 nitrogen and oxygen atoms in total. The molecule has 1 amide bonds. The van der Waals surface area contributed by atoms with E-state index in [1.807, 2.05) is 48.5 Å². The Morgan fingerprint density at radius 1 is 1.26 bits per heavy atom. The third-order valence-corrected chi connectivity index (χ3v) is 8.16. The second-order valence-corrected chi connectivity index (χ2v) is 10.6. The third kappa shape index (κ3) is 5.49. The summed E-state index contributed by atoms with van der Waals surface area (Å²) in [6.45, 7) is 5.29. The topological polar surface area (TPSA) is 104 Å². The number of allylic oxidation sites excluding steroid dienone is 4. The van der Waals surface area contributed by atoms with Crippen molar-refractivity contribution in [3.8, 4) is 0 Å². The summed E-state index contributed by atoms with van der Waals surface area (Å²) in [7, 11) is -3.81. The van der Waals surface area contributed by atoms with E-state index in [4.69, 9.17) is 0 Å². The fourth-order valence-electron chi connectivity index (χ4n) is 3.77. The van der Waals surface area contributed by atoms with E-state index >= 15 is 0 Å². The predicted octanol–water partition coefficient (Wildman–Crippen LogP) is 4.62. The van der Waals surface area contributed by atoms with Crippen molar-refractivity contribution >= 4 is 38.9 Å². The van der Waals surface area contributed by atoms with Gasteiger partial charge in [0, 0.05) is 6.42 Å². The molecule has 1 aliphatic heterocycles. The summed E-state index contributed by atoms with van der Waals surface area (Å²) in [4.78, 5) is 19.6. The Morgan fingerprint density at radius 2 is 2.03 bits per heavy atom. The standard InChI is InChI=1S/C25H26N4O3S2/c1-3-5-8-19(4-2)34(31,32)29-22(25-26-20-9-6-7-10-21(20)27-25)15-17-11-13-18(14-12-17)23-16-24(30)28-33-23/h3-14,22-23,29H,1,15-16H2,2H3,(H,26,27)(H,28,30)/b8-5-,19-4+. The molecule has 1 saturated heterocycles. The van der Waals surface area contributed by atoms with Crippen LogP contribution in [0.3, 0.4) is 0 Å². The monoisotopic (exact) mass is 494 g/mol. The number of fused-ring (bicyclic) bond motifs is 1. The molecule has 176 valence electrons. The average Bonchev–Trinajstić information content (AvgIpc) is 3.45. The summed E-state index contributed by atoms with van der Waals surface area (Å²) in [5.41, 5.74) is 3.61. The van der Waals surface area contributed by atoms with Gasteiger partial charge in [-0.2, -0.15) is 0 Å². The molecule has 3 aromatic rings. The highest BCUT2D eigenvalue weighted by Crippen LogP contribution is 2.35. The van der Waals surface area contributed by atoms with Gasteiger partial charge in [-0.05, 0) is 54.6 Å². The molecule has 0 aliphatic carbocycles. The number of para-hydroxylation sites is 2.